The fourth-order valence-electron chi connectivity index (χ4n) is 2.84. The van der Waals surface area contributed by atoms with Gasteiger partial charge in [0.25, 0.3) is 11.7 Å². The van der Waals surface area contributed by atoms with Crippen LogP contribution >= 0.6 is 15.9 Å². The Kier molecular flexibility index (Phi) is 4.10. The van der Waals surface area contributed by atoms with Crippen LogP contribution in [-0.2, 0) is 4.79 Å². The molecule has 2 aliphatic rings. The Hall–Kier alpha value is -1.24. The molecule has 0 saturated carbocycles. The number of halogens is 1. The number of nitrogens with zero attached hydrogens (tertiary/aromatic N) is 3. The van der Waals surface area contributed by atoms with Crippen molar-refractivity contribution in [3.8, 4) is 0 Å². The van der Waals surface area contributed by atoms with Crippen molar-refractivity contribution in [3.63, 3.8) is 0 Å². The number of fused-ring (bicyclic) bond motifs is 1. The first-order chi connectivity index (χ1) is 10.1. The first kappa shape index (κ1) is 14.7. The summed E-state index contributed by atoms with van der Waals surface area (Å²) in [5, 5.41) is 0. The Morgan fingerprint density at radius 3 is 2.52 bits per heavy atom. The van der Waals surface area contributed by atoms with E-state index in [9.17, 15) is 9.59 Å². The van der Waals surface area contributed by atoms with Gasteiger partial charge < -0.3 is 9.80 Å². The summed E-state index contributed by atoms with van der Waals surface area (Å²) in [6, 6.07) is 5.38. The van der Waals surface area contributed by atoms with Crippen LogP contribution in [0.2, 0.25) is 0 Å². The van der Waals surface area contributed by atoms with Crippen LogP contribution in [0.1, 0.15) is 10.4 Å². The molecule has 1 amide bonds. The van der Waals surface area contributed by atoms with E-state index >= 15 is 0 Å². The van der Waals surface area contributed by atoms with Crippen molar-refractivity contribution >= 4 is 33.3 Å². The number of piperazine rings is 1. The summed E-state index contributed by atoms with van der Waals surface area (Å²) in [5.74, 6) is -0.810. The third-order valence-corrected chi connectivity index (χ3v) is 4.82. The van der Waals surface area contributed by atoms with Gasteiger partial charge in [-0.25, -0.2) is 0 Å². The highest BCUT2D eigenvalue weighted by molar-refractivity contribution is 9.10. The number of ketones is 1. The normalized spacial score (nSPS) is 20.2. The Balaban J connectivity index is 1.72. The standard InChI is InChI=1S/C15H18BrN3O2/c1-17-5-7-18(8-6-17)9-10-19-13-11(14(20)15(19)21)3-2-4-12(13)16/h2-4H,5-10H2,1H3. The smallest absolute Gasteiger partial charge is 0.299 e. The summed E-state index contributed by atoms with van der Waals surface area (Å²) in [4.78, 5) is 30.4. The molecule has 5 nitrogen and oxygen atoms in total. The largest absolute Gasteiger partial charge is 0.304 e. The molecule has 1 aromatic carbocycles. The van der Waals surface area contributed by atoms with Gasteiger partial charge in [0.05, 0.1) is 11.3 Å². The van der Waals surface area contributed by atoms with Crippen molar-refractivity contribution < 1.29 is 9.59 Å². The third-order valence-electron chi connectivity index (χ3n) is 4.18. The van der Waals surface area contributed by atoms with Crippen molar-refractivity contribution in [2.45, 2.75) is 0 Å². The number of carbonyl (C=O) groups excluding carboxylic acids is 2. The second-order valence-corrected chi connectivity index (χ2v) is 6.42. The minimum absolute atomic E-state index is 0.398. The van der Waals surface area contributed by atoms with Crippen molar-refractivity contribution in [2.75, 3.05) is 51.2 Å². The zero-order chi connectivity index (χ0) is 15.0. The van der Waals surface area contributed by atoms with Gasteiger partial charge in [-0.3, -0.25) is 14.5 Å². The summed E-state index contributed by atoms with van der Waals surface area (Å²) >= 11 is 3.45. The Morgan fingerprint density at radius 1 is 1.10 bits per heavy atom. The summed E-state index contributed by atoms with van der Waals surface area (Å²) in [5.41, 5.74) is 1.23. The van der Waals surface area contributed by atoms with Crippen LogP contribution in [0, 0.1) is 0 Å². The average molecular weight is 352 g/mol. The van der Waals surface area contributed by atoms with Gasteiger partial charge >= 0.3 is 0 Å². The maximum Gasteiger partial charge on any atom is 0.299 e. The minimum Gasteiger partial charge on any atom is -0.304 e. The molecule has 112 valence electrons. The summed E-state index contributed by atoms with van der Waals surface area (Å²) in [6.45, 7) is 5.47. The van der Waals surface area contributed by atoms with Crippen molar-refractivity contribution in [2.24, 2.45) is 0 Å². The van der Waals surface area contributed by atoms with Gasteiger partial charge in [0.1, 0.15) is 0 Å². The van der Waals surface area contributed by atoms with Gasteiger partial charge in [0, 0.05) is 43.7 Å². The molecule has 1 aromatic rings. The van der Waals surface area contributed by atoms with Gasteiger partial charge in [-0.2, -0.15) is 0 Å². The number of likely N-dealkylation sites (N-methyl/N-ethyl adjacent to an activating group) is 1. The molecule has 0 unspecified atom stereocenters. The molecule has 21 heavy (non-hydrogen) atoms. The molecule has 1 saturated heterocycles. The first-order valence-corrected chi connectivity index (χ1v) is 7.93. The fourth-order valence-corrected chi connectivity index (χ4v) is 3.42. The number of carbonyl (C=O) groups is 2. The van der Waals surface area contributed by atoms with Crippen LogP contribution in [0.15, 0.2) is 22.7 Å². The number of hydrogen-bond acceptors (Lipinski definition) is 4. The number of para-hydroxylation sites is 1. The van der Waals surface area contributed by atoms with Crippen molar-refractivity contribution in [1.82, 2.24) is 9.80 Å². The zero-order valence-electron chi connectivity index (χ0n) is 12.0. The number of hydrogen-bond donors (Lipinski definition) is 0. The number of benzene rings is 1. The molecule has 6 heteroatoms. The van der Waals surface area contributed by atoms with E-state index in [-0.39, 0.29) is 0 Å². The Morgan fingerprint density at radius 2 is 1.81 bits per heavy atom. The van der Waals surface area contributed by atoms with Crippen LogP contribution in [0.5, 0.6) is 0 Å². The Labute approximate surface area is 132 Å². The lowest BCUT2D eigenvalue weighted by molar-refractivity contribution is -0.114. The first-order valence-electron chi connectivity index (χ1n) is 7.13. The number of Topliss-reactive ketones (excluding diaryl/α,β-unsaturated/α-hetero) is 1. The molecule has 2 heterocycles. The van der Waals surface area contributed by atoms with E-state index in [0.29, 0.717) is 12.1 Å². The molecule has 0 atom stereocenters. The Bertz CT molecular complexity index is 582. The monoisotopic (exact) mass is 351 g/mol. The lowest BCUT2D eigenvalue weighted by Crippen LogP contribution is -2.47. The number of amides is 1. The molecule has 0 aromatic heterocycles. The molecular weight excluding hydrogens is 334 g/mol. The highest BCUT2D eigenvalue weighted by Gasteiger charge is 2.37. The van der Waals surface area contributed by atoms with Gasteiger partial charge in [0.2, 0.25) is 0 Å². The molecular formula is C15H18BrN3O2. The van der Waals surface area contributed by atoms with Crippen LogP contribution in [0.3, 0.4) is 0 Å². The maximum absolute atomic E-state index is 12.2. The molecule has 3 rings (SSSR count). The highest BCUT2D eigenvalue weighted by atomic mass is 79.9. The van der Waals surface area contributed by atoms with E-state index in [1.807, 2.05) is 6.07 Å². The number of rotatable bonds is 3. The third kappa shape index (κ3) is 2.75. The molecule has 0 N–H and O–H groups in total. The molecule has 0 spiro atoms. The molecule has 0 aliphatic carbocycles. The maximum atomic E-state index is 12.2. The SMILES string of the molecule is CN1CCN(CCN2C(=O)C(=O)c3cccc(Br)c32)CC1. The van der Waals surface area contributed by atoms with Crippen molar-refractivity contribution in [3.05, 3.63) is 28.2 Å². The topological polar surface area (TPSA) is 43.9 Å². The average Bonchev–Trinajstić information content (AvgIpc) is 2.73. The van der Waals surface area contributed by atoms with E-state index in [0.717, 1.165) is 42.9 Å². The van der Waals surface area contributed by atoms with E-state index in [1.54, 1.807) is 17.0 Å². The fraction of sp³-hybridized carbons (Fsp3) is 0.467. The quantitative estimate of drug-likeness (QED) is 0.768. The summed E-state index contributed by atoms with van der Waals surface area (Å²) in [6.07, 6.45) is 0. The summed E-state index contributed by atoms with van der Waals surface area (Å²) in [7, 11) is 2.12. The predicted molar refractivity (Wildman–Crippen MR) is 84.8 cm³/mol. The molecule has 1 fully saturated rings. The zero-order valence-corrected chi connectivity index (χ0v) is 13.6. The van der Waals surface area contributed by atoms with E-state index in [4.69, 9.17) is 0 Å². The lowest BCUT2D eigenvalue weighted by atomic mass is 10.1. The second-order valence-electron chi connectivity index (χ2n) is 5.57. The van der Waals surface area contributed by atoms with Crippen LogP contribution in [-0.4, -0.2) is 67.8 Å². The number of anilines is 1. The van der Waals surface area contributed by atoms with E-state index in [2.05, 4.69) is 32.8 Å². The van der Waals surface area contributed by atoms with E-state index < -0.39 is 11.7 Å². The van der Waals surface area contributed by atoms with Gasteiger partial charge in [0.15, 0.2) is 0 Å². The predicted octanol–water partition coefficient (Wildman–Crippen LogP) is 1.23. The van der Waals surface area contributed by atoms with Crippen LogP contribution in [0.25, 0.3) is 0 Å². The van der Waals surface area contributed by atoms with Crippen LogP contribution in [0.4, 0.5) is 5.69 Å². The highest BCUT2D eigenvalue weighted by Crippen LogP contribution is 2.35. The molecule has 0 bridgehead atoms. The van der Waals surface area contributed by atoms with E-state index in [1.165, 1.54) is 0 Å². The second kappa shape index (κ2) is 5.87. The summed E-state index contributed by atoms with van der Waals surface area (Å²) < 4.78 is 0.803. The van der Waals surface area contributed by atoms with Crippen molar-refractivity contribution in [1.29, 1.82) is 0 Å². The minimum atomic E-state index is -0.411. The molecule has 2 aliphatic heterocycles. The van der Waals surface area contributed by atoms with Gasteiger partial charge in [-0.05, 0) is 35.1 Å². The van der Waals surface area contributed by atoms with Crippen LogP contribution < -0.4 is 4.90 Å². The molecule has 0 radical (unpaired) electrons. The lowest BCUT2D eigenvalue weighted by Gasteiger charge is -2.33. The van der Waals surface area contributed by atoms with Gasteiger partial charge in [-0.1, -0.05) is 6.07 Å². The van der Waals surface area contributed by atoms with Gasteiger partial charge in [-0.15, -0.1) is 0 Å².